The van der Waals surface area contributed by atoms with E-state index in [-0.39, 0.29) is 35.2 Å². The fourth-order valence-corrected chi connectivity index (χ4v) is 5.10. The van der Waals surface area contributed by atoms with Crippen LogP contribution in [-0.4, -0.2) is 64.4 Å². The highest BCUT2D eigenvalue weighted by molar-refractivity contribution is 6.00. The number of nitrogen functional groups attached to an aromatic ring is 2. The third kappa shape index (κ3) is 4.35. The van der Waals surface area contributed by atoms with Crippen LogP contribution in [0.5, 0.6) is 0 Å². The second-order valence-corrected chi connectivity index (χ2v) is 9.51. The lowest BCUT2D eigenvalue weighted by Crippen LogP contribution is -2.39. The Morgan fingerprint density at radius 2 is 1.74 bits per heavy atom. The van der Waals surface area contributed by atoms with Gasteiger partial charge < -0.3 is 16.4 Å². The van der Waals surface area contributed by atoms with Crippen molar-refractivity contribution in [3.05, 3.63) is 71.9 Å². The molecule has 0 atom stereocenters. The van der Waals surface area contributed by atoms with Gasteiger partial charge in [0.2, 0.25) is 11.8 Å². The summed E-state index contributed by atoms with van der Waals surface area (Å²) in [5, 5.41) is 10.7. The van der Waals surface area contributed by atoms with E-state index in [0.717, 1.165) is 22.4 Å². The normalized spacial score (nSPS) is 14.1. The van der Waals surface area contributed by atoms with Crippen molar-refractivity contribution < 1.29 is 9.59 Å². The number of benzene rings is 1. The number of H-pyrrole nitrogens is 1. The Bertz CT molecular complexity index is 1680. The highest BCUT2D eigenvalue weighted by Gasteiger charge is 2.31. The van der Waals surface area contributed by atoms with Crippen LogP contribution in [0.15, 0.2) is 54.9 Å². The number of nitrogens with one attached hydrogen (secondary N) is 1. The molecule has 0 aliphatic carbocycles. The second kappa shape index (κ2) is 9.63. The molecule has 1 aliphatic rings. The molecular formula is C27H26N10O2. The number of carbonyl (C=O) groups excluding carboxylic acids is 2. The number of carbonyl (C=O) groups is 2. The minimum atomic E-state index is -0.267. The van der Waals surface area contributed by atoms with E-state index in [1.807, 2.05) is 42.5 Å². The zero-order chi connectivity index (χ0) is 27.1. The van der Waals surface area contributed by atoms with Gasteiger partial charge in [0.25, 0.3) is 5.91 Å². The monoisotopic (exact) mass is 522 g/mol. The average molecular weight is 523 g/mol. The predicted octanol–water partition coefficient (Wildman–Crippen LogP) is 2.96. The SMILES string of the molecule is CC(=O)c1c(C2CCN(C(=O)c3nc(N)n[nH]3)CC2)nc2c(-c3ccc(-c4ccccc4)nc3)cnn2c1N. The molecular weight excluding hydrogens is 496 g/mol. The van der Waals surface area contributed by atoms with Gasteiger partial charge in [0.05, 0.1) is 23.1 Å². The number of pyridine rings is 1. The van der Waals surface area contributed by atoms with Gasteiger partial charge in [-0.2, -0.15) is 14.6 Å². The van der Waals surface area contributed by atoms with Crippen molar-refractivity contribution in [1.82, 2.24) is 39.7 Å². The number of hydrogen-bond donors (Lipinski definition) is 3. The van der Waals surface area contributed by atoms with Crippen LogP contribution in [0.3, 0.4) is 0 Å². The summed E-state index contributed by atoms with van der Waals surface area (Å²) in [6.07, 6.45) is 4.69. The molecule has 5 heterocycles. The summed E-state index contributed by atoms with van der Waals surface area (Å²) in [6.45, 7) is 2.41. The molecule has 0 bridgehead atoms. The van der Waals surface area contributed by atoms with Crippen molar-refractivity contribution in [3.63, 3.8) is 0 Å². The first-order chi connectivity index (χ1) is 18.9. The lowest BCUT2D eigenvalue weighted by molar-refractivity contribution is 0.0699. The number of amides is 1. The molecule has 0 saturated carbocycles. The Kier molecular flexibility index (Phi) is 5.98. The van der Waals surface area contributed by atoms with Crippen LogP contribution in [0.2, 0.25) is 0 Å². The fraction of sp³-hybridized carbons (Fsp3) is 0.222. The third-order valence-electron chi connectivity index (χ3n) is 7.08. The topological polar surface area (TPSA) is 174 Å². The number of anilines is 2. The van der Waals surface area contributed by atoms with Crippen LogP contribution >= 0.6 is 0 Å². The van der Waals surface area contributed by atoms with E-state index in [1.54, 1.807) is 17.3 Å². The van der Waals surface area contributed by atoms with Gasteiger partial charge in [-0.15, -0.1) is 5.10 Å². The van der Waals surface area contributed by atoms with Crippen molar-refractivity contribution >= 4 is 29.1 Å². The van der Waals surface area contributed by atoms with Gasteiger partial charge in [0.15, 0.2) is 11.4 Å². The molecule has 39 heavy (non-hydrogen) atoms. The molecule has 1 aromatic carbocycles. The molecule has 1 aliphatic heterocycles. The number of ketones is 1. The van der Waals surface area contributed by atoms with Crippen LogP contribution in [0, 0.1) is 0 Å². The molecule has 0 unspecified atom stereocenters. The lowest BCUT2D eigenvalue weighted by Gasteiger charge is -2.32. The van der Waals surface area contributed by atoms with Gasteiger partial charge in [0, 0.05) is 41.9 Å². The van der Waals surface area contributed by atoms with Gasteiger partial charge in [-0.3, -0.25) is 19.7 Å². The van der Waals surface area contributed by atoms with Gasteiger partial charge in [-0.1, -0.05) is 36.4 Å². The first kappa shape index (κ1) is 24.2. The summed E-state index contributed by atoms with van der Waals surface area (Å²) in [4.78, 5) is 40.7. The number of aromatic nitrogens is 7. The summed E-state index contributed by atoms with van der Waals surface area (Å²) in [7, 11) is 0. The van der Waals surface area contributed by atoms with E-state index in [9.17, 15) is 9.59 Å². The Hall–Kier alpha value is -5.13. The van der Waals surface area contributed by atoms with Gasteiger partial charge in [0.1, 0.15) is 5.82 Å². The molecule has 1 fully saturated rings. The number of fused-ring (bicyclic) bond motifs is 1. The van der Waals surface area contributed by atoms with Gasteiger partial charge >= 0.3 is 0 Å². The van der Waals surface area contributed by atoms with Crippen molar-refractivity contribution in [1.29, 1.82) is 0 Å². The molecule has 4 aromatic heterocycles. The molecule has 6 rings (SSSR count). The zero-order valence-electron chi connectivity index (χ0n) is 21.2. The van der Waals surface area contributed by atoms with Crippen molar-refractivity contribution in [3.8, 4) is 22.4 Å². The first-order valence-electron chi connectivity index (χ1n) is 12.6. The number of likely N-dealkylation sites (tertiary alicyclic amines) is 1. The molecule has 0 radical (unpaired) electrons. The van der Waals surface area contributed by atoms with E-state index in [4.69, 9.17) is 16.5 Å². The van der Waals surface area contributed by atoms with E-state index >= 15 is 0 Å². The number of hydrogen-bond acceptors (Lipinski definition) is 9. The van der Waals surface area contributed by atoms with E-state index in [2.05, 4.69) is 25.3 Å². The summed E-state index contributed by atoms with van der Waals surface area (Å²) in [5.74, 6) is -0.140. The van der Waals surface area contributed by atoms with Crippen LogP contribution < -0.4 is 11.5 Å². The Labute approximate surface area is 223 Å². The number of nitrogens with zero attached hydrogens (tertiary/aromatic N) is 7. The largest absolute Gasteiger partial charge is 0.383 e. The maximum Gasteiger partial charge on any atom is 0.291 e. The maximum absolute atomic E-state index is 12.8. The van der Waals surface area contributed by atoms with Crippen molar-refractivity contribution in [2.24, 2.45) is 0 Å². The van der Waals surface area contributed by atoms with E-state index in [1.165, 1.54) is 11.4 Å². The zero-order valence-corrected chi connectivity index (χ0v) is 21.2. The number of Topliss-reactive ketones (excluding diaryl/α,β-unsaturated/α-hetero) is 1. The maximum atomic E-state index is 12.8. The molecule has 5 aromatic rings. The smallest absolute Gasteiger partial charge is 0.291 e. The van der Waals surface area contributed by atoms with E-state index < -0.39 is 0 Å². The van der Waals surface area contributed by atoms with Crippen molar-refractivity contribution in [2.75, 3.05) is 24.6 Å². The average Bonchev–Trinajstić information content (AvgIpc) is 3.59. The standard InChI is InChI=1S/C27H26N10O2/c1-15(38)21-22(17-9-11-36(12-10-17)26(39)24-33-27(29)35-34-24)32-25-19(14-31-37(25)23(21)28)18-7-8-20(30-13-18)16-5-3-2-4-6-16/h2-8,13-14,17H,9-12,28H2,1H3,(H3,29,33,34,35). The summed E-state index contributed by atoms with van der Waals surface area (Å²) >= 11 is 0. The molecule has 196 valence electrons. The molecule has 0 spiro atoms. The second-order valence-electron chi connectivity index (χ2n) is 9.51. The van der Waals surface area contributed by atoms with Crippen LogP contribution in [0.4, 0.5) is 11.8 Å². The van der Waals surface area contributed by atoms with Gasteiger partial charge in [-0.25, -0.2) is 4.98 Å². The van der Waals surface area contributed by atoms with Gasteiger partial charge in [-0.05, 0) is 25.8 Å². The summed E-state index contributed by atoms with van der Waals surface area (Å²) in [6, 6.07) is 13.9. The van der Waals surface area contributed by atoms with E-state index in [0.29, 0.717) is 42.8 Å². The predicted molar refractivity (Wildman–Crippen MR) is 145 cm³/mol. The molecule has 12 nitrogen and oxygen atoms in total. The number of aromatic amines is 1. The number of nitrogens with two attached hydrogens (primary N) is 2. The van der Waals surface area contributed by atoms with Crippen LogP contribution in [-0.2, 0) is 0 Å². The molecule has 12 heteroatoms. The Morgan fingerprint density at radius 1 is 0.974 bits per heavy atom. The first-order valence-corrected chi connectivity index (χ1v) is 12.6. The lowest BCUT2D eigenvalue weighted by atomic mass is 9.89. The molecule has 5 N–H and O–H groups in total. The fourth-order valence-electron chi connectivity index (χ4n) is 5.10. The summed E-state index contributed by atoms with van der Waals surface area (Å²) in [5.41, 5.74) is 17.1. The minimum Gasteiger partial charge on any atom is -0.383 e. The quantitative estimate of drug-likeness (QED) is 0.293. The highest BCUT2D eigenvalue weighted by Crippen LogP contribution is 2.35. The molecule has 1 amide bonds. The summed E-state index contributed by atoms with van der Waals surface area (Å²) < 4.78 is 1.51. The number of piperidine rings is 1. The highest BCUT2D eigenvalue weighted by atomic mass is 16.2. The molecule has 1 saturated heterocycles. The third-order valence-corrected chi connectivity index (χ3v) is 7.08. The van der Waals surface area contributed by atoms with Crippen molar-refractivity contribution in [2.45, 2.75) is 25.7 Å². The Morgan fingerprint density at radius 3 is 2.38 bits per heavy atom. The Balaban J connectivity index is 1.32. The van der Waals surface area contributed by atoms with Crippen LogP contribution in [0.1, 0.15) is 52.4 Å². The minimum absolute atomic E-state index is 0.0221. The van der Waals surface area contributed by atoms with Crippen LogP contribution in [0.25, 0.3) is 28.0 Å². The number of rotatable bonds is 5.